The van der Waals surface area contributed by atoms with E-state index in [9.17, 15) is 4.79 Å². The van der Waals surface area contributed by atoms with Gasteiger partial charge in [-0.15, -0.1) is 0 Å². The lowest BCUT2D eigenvalue weighted by Crippen LogP contribution is -2.18. The monoisotopic (exact) mass is 513 g/mol. The fourth-order valence-corrected chi connectivity index (χ4v) is 4.51. The number of hydrogen-bond acceptors (Lipinski definition) is 7. The predicted octanol–water partition coefficient (Wildman–Crippen LogP) is 5.16. The first-order chi connectivity index (χ1) is 18.5. The highest BCUT2D eigenvalue weighted by atomic mass is 16.5. The Morgan fingerprint density at radius 1 is 0.974 bits per heavy atom. The summed E-state index contributed by atoms with van der Waals surface area (Å²) in [5, 5.41) is 7.78. The number of nitrogens with zero attached hydrogens (tertiary/aromatic N) is 2. The van der Waals surface area contributed by atoms with E-state index in [1.165, 1.54) is 11.8 Å². The van der Waals surface area contributed by atoms with E-state index in [1.807, 2.05) is 62.5 Å². The van der Waals surface area contributed by atoms with Gasteiger partial charge in [-0.3, -0.25) is 14.8 Å². The van der Waals surface area contributed by atoms with Crippen LogP contribution in [-0.2, 0) is 19.4 Å². The first-order valence-corrected chi connectivity index (χ1v) is 13.1. The summed E-state index contributed by atoms with van der Waals surface area (Å²) in [6.45, 7) is 8.48. The summed E-state index contributed by atoms with van der Waals surface area (Å²) in [7, 11) is 0. The standard InChI is InChI=1S/C30H35N5O3/c1-4-22-20(18-32-15-13-21-11-7-8-14-33-21)10-9-12-25(22)35-29-23-16-27(37-5-2)28(38-6-3)17-26(23)34-19-24(29)30(31)36/h7-12,14,16-17,19,32H,4-6,13,15,18H2,1-3H3,(H2,31,36)(H,34,35). The largest absolute Gasteiger partial charge is 0.490 e. The van der Waals surface area contributed by atoms with Crippen molar-refractivity contribution in [3.63, 3.8) is 0 Å². The zero-order valence-corrected chi connectivity index (χ0v) is 22.2. The Balaban J connectivity index is 1.66. The van der Waals surface area contributed by atoms with Crippen molar-refractivity contribution in [3.05, 3.63) is 83.3 Å². The zero-order valence-electron chi connectivity index (χ0n) is 22.2. The van der Waals surface area contributed by atoms with E-state index in [0.717, 1.165) is 48.3 Å². The molecule has 0 bridgehead atoms. The van der Waals surface area contributed by atoms with Gasteiger partial charge in [0.2, 0.25) is 0 Å². The number of rotatable bonds is 13. The number of pyridine rings is 2. The molecule has 1 amide bonds. The number of hydrogen-bond donors (Lipinski definition) is 3. The molecule has 8 heteroatoms. The molecule has 0 saturated heterocycles. The van der Waals surface area contributed by atoms with Crippen molar-refractivity contribution in [2.75, 3.05) is 25.1 Å². The molecule has 2 heterocycles. The molecule has 2 aromatic carbocycles. The Hall–Kier alpha value is -4.17. The van der Waals surface area contributed by atoms with Gasteiger partial charge in [-0.1, -0.05) is 25.1 Å². The second kappa shape index (κ2) is 12.9. The van der Waals surface area contributed by atoms with Gasteiger partial charge in [0, 0.05) is 54.7 Å². The van der Waals surface area contributed by atoms with E-state index in [-0.39, 0.29) is 0 Å². The van der Waals surface area contributed by atoms with Crippen molar-refractivity contribution >= 4 is 28.2 Å². The molecule has 0 fully saturated rings. The summed E-state index contributed by atoms with van der Waals surface area (Å²) < 4.78 is 11.6. The van der Waals surface area contributed by atoms with Crippen LogP contribution in [0.25, 0.3) is 10.9 Å². The third kappa shape index (κ3) is 6.20. The molecule has 0 saturated carbocycles. The molecule has 0 radical (unpaired) electrons. The zero-order chi connectivity index (χ0) is 26.9. The number of ether oxygens (including phenoxy) is 2. The number of nitrogens with two attached hydrogens (primary N) is 1. The van der Waals surface area contributed by atoms with E-state index in [1.54, 1.807) is 0 Å². The molecule has 38 heavy (non-hydrogen) atoms. The number of anilines is 2. The minimum absolute atomic E-state index is 0.310. The van der Waals surface area contributed by atoms with Gasteiger partial charge in [0.15, 0.2) is 11.5 Å². The number of benzene rings is 2. The van der Waals surface area contributed by atoms with E-state index in [2.05, 4.69) is 33.6 Å². The molecular formula is C30H35N5O3. The third-order valence-corrected chi connectivity index (χ3v) is 6.28. The summed E-state index contributed by atoms with van der Waals surface area (Å²) in [6.07, 6.45) is 5.00. The molecule has 8 nitrogen and oxygen atoms in total. The lowest BCUT2D eigenvalue weighted by atomic mass is 10.0. The Morgan fingerprint density at radius 2 is 1.76 bits per heavy atom. The molecule has 198 valence electrons. The number of amides is 1. The van der Waals surface area contributed by atoms with Gasteiger partial charge in [0.05, 0.1) is 30.0 Å². The number of fused-ring (bicyclic) bond motifs is 1. The van der Waals surface area contributed by atoms with E-state index < -0.39 is 5.91 Å². The van der Waals surface area contributed by atoms with E-state index in [0.29, 0.717) is 41.5 Å². The number of carbonyl (C=O) groups is 1. The fraction of sp³-hybridized carbons (Fsp3) is 0.300. The molecule has 0 unspecified atom stereocenters. The van der Waals surface area contributed by atoms with Crippen LogP contribution in [0.2, 0.25) is 0 Å². The van der Waals surface area contributed by atoms with Crippen LogP contribution < -0.4 is 25.8 Å². The van der Waals surface area contributed by atoms with E-state index >= 15 is 0 Å². The molecule has 4 N–H and O–H groups in total. The van der Waals surface area contributed by atoms with Crippen LogP contribution >= 0.6 is 0 Å². The Morgan fingerprint density at radius 3 is 2.45 bits per heavy atom. The first kappa shape index (κ1) is 26.9. The number of aromatic nitrogens is 2. The van der Waals surface area contributed by atoms with E-state index in [4.69, 9.17) is 15.2 Å². The maximum Gasteiger partial charge on any atom is 0.252 e. The Bertz CT molecular complexity index is 1390. The normalized spacial score (nSPS) is 10.9. The minimum atomic E-state index is -0.556. The SMILES string of the molecule is CCOc1cc2ncc(C(N)=O)c(Nc3cccc(CNCCc4ccccn4)c3CC)c2cc1OCC. The number of primary amides is 1. The summed E-state index contributed by atoms with van der Waals surface area (Å²) in [5.74, 6) is 0.647. The van der Waals surface area contributed by atoms with Gasteiger partial charge >= 0.3 is 0 Å². The van der Waals surface area contributed by atoms with Crippen LogP contribution in [0.1, 0.15) is 48.0 Å². The quantitative estimate of drug-likeness (QED) is 0.212. The van der Waals surface area contributed by atoms with Crippen molar-refractivity contribution in [1.82, 2.24) is 15.3 Å². The highest BCUT2D eigenvalue weighted by Gasteiger charge is 2.18. The molecule has 4 aromatic rings. The topological polar surface area (TPSA) is 111 Å². The van der Waals surface area contributed by atoms with Gasteiger partial charge < -0.3 is 25.8 Å². The minimum Gasteiger partial charge on any atom is -0.490 e. The smallest absolute Gasteiger partial charge is 0.252 e. The summed E-state index contributed by atoms with van der Waals surface area (Å²) >= 11 is 0. The summed E-state index contributed by atoms with van der Waals surface area (Å²) in [6, 6.07) is 15.8. The van der Waals surface area contributed by atoms with Gasteiger partial charge in [-0.05, 0) is 55.7 Å². The maximum absolute atomic E-state index is 12.4. The van der Waals surface area contributed by atoms with Gasteiger partial charge in [0.1, 0.15) is 0 Å². The molecule has 2 aromatic heterocycles. The highest BCUT2D eigenvalue weighted by molar-refractivity contribution is 6.08. The average Bonchev–Trinajstić information content (AvgIpc) is 2.92. The van der Waals surface area contributed by atoms with Crippen molar-refractivity contribution in [3.8, 4) is 11.5 Å². The van der Waals surface area contributed by atoms with Crippen LogP contribution in [0.4, 0.5) is 11.4 Å². The Labute approximate surface area is 223 Å². The number of carbonyl (C=O) groups excluding carboxylic acids is 1. The average molecular weight is 514 g/mol. The summed E-state index contributed by atoms with van der Waals surface area (Å²) in [5.41, 5.74) is 11.7. The molecule has 0 spiro atoms. The lowest BCUT2D eigenvalue weighted by Gasteiger charge is -2.19. The van der Waals surface area contributed by atoms with Crippen LogP contribution in [0.3, 0.4) is 0 Å². The molecule has 0 aliphatic carbocycles. The van der Waals surface area contributed by atoms with Crippen LogP contribution in [-0.4, -0.2) is 35.6 Å². The Kier molecular flexibility index (Phi) is 9.11. The molecule has 0 aliphatic heterocycles. The number of nitrogens with one attached hydrogen (secondary N) is 2. The molecular weight excluding hydrogens is 478 g/mol. The van der Waals surface area contributed by atoms with Crippen LogP contribution in [0, 0.1) is 0 Å². The second-order valence-electron chi connectivity index (χ2n) is 8.76. The first-order valence-electron chi connectivity index (χ1n) is 13.1. The van der Waals surface area contributed by atoms with Gasteiger partial charge in [-0.25, -0.2) is 0 Å². The fourth-order valence-electron chi connectivity index (χ4n) is 4.51. The van der Waals surface area contributed by atoms with Crippen LogP contribution in [0.15, 0.2) is 60.9 Å². The predicted molar refractivity (Wildman–Crippen MR) is 151 cm³/mol. The molecule has 0 atom stereocenters. The molecule has 4 rings (SSSR count). The van der Waals surface area contributed by atoms with Crippen molar-refractivity contribution in [2.45, 2.75) is 40.2 Å². The summed E-state index contributed by atoms with van der Waals surface area (Å²) in [4.78, 5) is 21.3. The van der Waals surface area contributed by atoms with Crippen molar-refractivity contribution < 1.29 is 14.3 Å². The van der Waals surface area contributed by atoms with Crippen LogP contribution in [0.5, 0.6) is 11.5 Å². The van der Waals surface area contributed by atoms with Gasteiger partial charge in [0.25, 0.3) is 5.91 Å². The highest BCUT2D eigenvalue weighted by Crippen LogP contribution is 2.38. The maximum atomic E-state index is 12.4. The van der Waals surface area contributed by atoms with Crippen molar-refractivity contribution in [2.24, 2.45) is 5.73 Å². The second-order valence-corrected chi connectivity index (χ2v) is 8.76. The molecule has 0 aliphatic rings. The third-order valence-electron chi connectivity index (χ3n) is 6.28. The van der Waals surface area contributed by atoms with Gasteiger partial charge in [-0.2, -0.15) is 0 Å². The van der Waals surface area contributed by atoms with Crippen molar-refractivity contribution in [1.29, 1.82) is 0 Å². The lowest BCUT2D eigenvalue weighted by molar-refractivity contribution is 0.100.